The molecule has 0 saturated heterocycles. The molecule has 0 aliphatic rings. The molecule has 0 atom stereocenters. The Bertz CT molecular complexity index is 862. The monoisotopic (exact) mass is 406 g/mol. The van der Waals surface area contributed by atoms with Crippen molar-refractivity contribution >= 4 is 61.4 Å². The highest BCUT2D eigenvalue weighted by atomic mass is 79.9. The van der Waals surface area contributed by atoms with Gasteiger partial charge in [0.15, 0.2) is 10.7 Å². The van der Waals surface area contributed by atoms with Gasteiger partial charge in [-0.1, -0.05) is 23.2 Å². The summed E-state index contributed by atoms with van der Waals surface area (Å²) in [5.74, 6) is -0.942. The van der Waals surface area contributed by atoms with Gasteiger partial charge in [-0.2, -0.15) is 4.98 Å². The van der Waals surface area contributed by atoms with Crippen LogP contribution < -0.4 is 4.74 Å². The fraction of sp³-hybridized carbons (Fsp3) is 0. The largest absolute Gasteiger partial charge is 0.476 e. The Hall–Kier alpha value is -1.28. The van der Waals surface area contributed by atoms with Crippen molar-refractivity contribution < 1.29 is 14.6 Å². The number of hydrogen-bond acceptors (Lipinski definition) is 4. The second-order valence-electron chi connectivity index (χ2n) is 3.93. The van der Waals surface area contributed by atoms with Gasteiger partial charge in [0.1, 0.15) is 5.75 Å². The maximum absolute atomic E-state index is 11.4. The zero-order valence-electron chi connectivity index (χ0n) is 10.0. The second-order valence-corrected chi connectivity index (χ2v) is 6.47. The number of aromatic carboxylic acids is 1. The first kappa shape index (κ1) is 14.6. The lowest BCUT2D eigenvalue weighted by Gasteiger charge is -2.07. The molecule has 1 N–H and O–H groups in total. The van der Waals surface area contributed by atoms with Gasteiger partial charge in [0.25, 0.3) is 5.88 Å². The summed E-state index contributed by atoms with van der Waals surface area (Å²) in [7, 11) is 0. The number of carboxylic acids is 1. The van der Waals surface area contributed by atoms with Gasteiger partial charge in [-0.15, -0.1) is 11.3 Å². The molecule has 0 radical (unpaired) electrons. The van der Waals surface area contributed by atoms with Crippen molar-refractivity contribution in [3.05, 3.63) is 43.9 Å². The first-order chi connectivity index (χ1) is 9.97. The Morgan fingerprint density at radius 3 is 2.86 bits per heavy atom. The topological polar surface area (TPSA) is 63.8 Å². The molecule has 1 aromatic carbocycles. The molecule has 0 bridgehead atoms. The lowest BCUT2D eigenvalue weighted by Crippen LogP contribution is -2.02. The average Bonchev–Trinajstić information content (AvgIpc) is 2.95. The summed E-state index contributed by atoms with van der Waals surface area (Å²) in [6.45, 7) is 0. The fourth-order valence-electron chi connectivity index (χ4n) is 1.72. The van der Waals surface area contributed by atoms with E-state index in [1.54, 1.807) is 17.6 Å². The van der Waals surface area contributed by atoms with Crippen molar-refractivity contribution in [2.45, 2.75) is 0 Å². The van der Waals surface area contributed by atoms with E-state index in [4.69, 9.17) is 27.9 Å². The van der Waals surface area contributed by atoms with Crippen molar-refractivity contribution in [2.75, 3.05) is 0 Å². The molecule has 0 amide bonds. The predicted molar refractivity (Wildman–Crippen MR) is 84.3 cm³/mol. The zero-order chi connectivity index (χ0) is 15.1. The average molecular weight is 408 g/mol. The van der Waals surface area contributed by atoms with Crippen LogP contribution in [0.5, 0.6) is 11.6 Å². The number of fused-ring (bicyclic) bond motifs is 1. The fourth-order valence-corrected chi connectivity index (χ4v) is 3.25. The lowest BCUT2D eigenvalue weighted by atomic mass is 10.3. The number of imidazole rings is 1. The molecule has 3 rings (SSSR count). The Balaban J connectivity index is 2.10. The molecule has 0 spiro atoms. The molecule has 0 aliphatic carbocycles. The SMILES string of the molecule is O=C(O)c1c(Oc2cc(Cl)c(Br)cc2Cl)nc2sccn12. The van der Waals surface area contributed by atoms with Crippen LogP contribution in [0.15, 0.2) is 28.2 Å². The molecule has 0 unspecified atom stereocenters. The van der Waals surface area contributed by atoms with Crippen LogP contribution in [-0.2, 0) is 0 Å². The van der Waals surface area contributed by atoms with Crippen molar-refractivity contribution in [2.24, 2.45) is 0 Å². The van der Waals surface area contributed by atoms with E-state index in [2.05, 4.69) is 20.9 Å². The van der Waals surface area contributed by atoms with Crippen LogP contribution in [0.25, 0.3) is 4.96 Å². The molecule has 0 saturated carbocycles. The van der Waals surface area contributed by atoms with Crippen molar-refractivity contribution in [1.82, 2.24) is 9.38 Å². The van der Waals surface area contributed by atoms with Crippen LogP contribution in [0.2, 0.25) is 10.0 Å². The second kappa shape index (κ2) is 5.49. The molecule has 2 aromatic heterocycles. The van der Waals surface area contributed by atoms with Gasteiger partial charge in [0.05, 0.1) is 10.0 Å². The minimum atomic E-state index is -1.14. The van der Waals surface area contributed by atoms with E-state index >= 15 is 0 Å². The molecule has 21 heavy (non-hydrogen) atoms. The van der Waals surface area contributed by atoms with Crippen molar-refractivity contribution in [3.63, 3.8) is 0 Å². The number of ether oxygens (including phenoxy) is 1. The number of benzene rings is 1. The Morgan fingerprint density at radius 2 is 2.14 bits per heavy atom. The van der Waals surface area contributed by atoms with E-state index in [-0.39, 0.29) is 17.3 Å². The number of carbonyl (C=O) groups is 1. The smallest absolute Gasteiger partial charge is 0.358 e. The molecule has 0 fully saturated rings. The summed E-state index contributed by atoms with van der Waals surface area (Å²) in [6, 6.07) is 3.06. The minimum Gasteiger partial charge on any atom is -0.476 e. The molecule has 5 nitrogen and oxygen atoms in total. The molecular weight excluding hydrogens is 403 g/mol. The van der Waals surface area contributed by atoms with Crippen LogP contribution in [0.4, 0.5) is 0 Å². The third-order valence-electron chi connectivity index (χ3n) is 2.61. The highest BCUT2D eigenvalue weighted by Crippen LogP contribution is 2.37. The quantitative estimate of drug-likeness (QED) is 0.623. The molecule has 9 heteroatoms. The van der Waals surface area contributed by atoms with Gasteiger partial charge >= 0.3 is 5.97 Å². The van der Waals surface area contributed by atoms with Gasteiger partial charge < -0.3 is 9.84 Å². The normalized spacial score (nSPS) is 11.0. The number of rotatable bonds is 3. The summed E-state index contributed by atoms with van der Waals surface area (Å²) in [5, 5.41) is 11.7. The first-order valence-corrected chi connectivity index (χ1v) is 7.91. The van der Waals surface area contributed by atoms with E-state index in [1.165, 1.54) is 21.8 Å². The molecule has 2 heterocycles. The molecular formula is C12H5BrCl2N2O3S. The predicted octanol–water partition coefficient (Wildman–Crippen LogP) is 4.96. The van der Waals surface area contributed by atoms with E-state index in [0.717, 1.165) is 0 Å². The van der Waals surface area contributed by atoms with E-state index < -0.39 is 5.97 Å². The number of thiazole rings is 1. The summed E-state index contributed by atoms with van der Waals surface area (Å²) < 4.78 is 7.60. The van der Waals surface area contributed by atoms with Gasteiger partial charge in [-0.05, 0) is 22.0 Å². The van der Waals surface area contributed by atoms with Gasteiger partial charge in [-0.25, -0.2) is 4.79 Å². The third-order valence-corrected chi connectivity index (χ3v) is 4.86. The van der Waals surface area contributed by atoms with Gasteiger partial charge in [0, 0.05) is 22.1 Å². The van der Waals surface area contributed by atoms with Gasteiger partial charge in [0.2, 0.25) is 0 Å². The summed E-state index contributed by atoms with van der Waals surface area (Å²) in [4.78, 5) is 16.1. The highest BCUT2D eigenvalue weighted by molar-refractivity contribution is 9.10. The van der Waals surface area contributed by atoms with E-state index in [1.807, 2.05) is 0 Å². The molecule has 0 aliphatic heterocycles. The highest BCUT2D eigenvalue weighted by Gasteiger charge is 2.22. The van der Waals surface area contributed by atoms with Crippen LogP contribution in [-0.4, -0.2) is 20.5 Å². The standard InChI is InChI=1S/C12H5BrCl2N2O3S/c13-5-3-7(15)8(4-6(5)14)20-10-9(11(18)19)17-1-2-21-12(17)16-10/h1-4H,(H,18,19). The van der Waals surface area contributed by atoms with Crippen LogP contribution >= 0.6 is 50.5 Å². The first-order valence-electron chi connectivity index (χ1n) is 5.48. The van der Waals surface area contributed by atoms with Crippen LogP contribution in [0.1, 0.15) is 10.5 Å². The Kier molecular flexibility index (Phi) is 3.83. The maximum atomic E-state index is 11.4. The van der Waals surface area contributed by atoms with Crippen molar-refractivity contribution in [1.29, 1.82) is 0 Å². The summed E-state index contributed by atoms with van der Waals surface area (Å²) in [6.07, 6.45) is 1.61. The number of carboxylic acid groups (broad SMARTS) is 1. The van der Waals surface area contributed by atoms with E-state index in [0.29, 0.717) is 19.5 Å². The zero-order valence-corrected chi connectivity index (χ0v) is 13.9. The molecule has 108 valence electrons. The van der Waals surface area contributed by atoms with E-state index in [9.17, 15) is 9.90 Å². The Morgan fingerprint density at radius 1 is 1.38 bits per heavy atom. The summed E-state index contributed by atoms with van der Waals surface area (Å²) >= 11 is 16.6. The van der Waals surface area contributed by atoms with Crippen LogP contribution in [0.3, 0.4) is 0 Å². The Labute approximate surface area is 140 Å². The maximum Gasteiger partial charge on any atom is 0.358 e. The number of hydrogen-bond donors (Lipinski definition) is 1. The van der Waals surface area contributed by atoms with Crippen molar-refractivity contribution in [3.8, 4) is 11.6 Å². The summed E-state index contributed by atoms with van der Waals surface area (Å²) in [5.41, 5.74) is -0.0682. The lowest BCUT2D eigenvalue weighted by molar-refractivity contribution is 0.0686. The number of halogens is 3. The minimum absolute atomic E-state index is 0.0327. The number of nitrogens with zero attached hydrogens (tertiary/aromatic N) is 2. The number of aromatic nitrogens is 2. The third kappa shape index (κ3) is 2.62. The van der Waals surface area contributed by atoms with Gasteiger partial charge in [-0.3, -0.25) is 4.40 Å². The molecule has 3 aromatic rings. The van der Waals surface area contributed by atoms with Crippen LogP contribution in [0, 0.1) is 0 Å².